The second kappa shape index (κ2) is 9.22. The molecule has 0 bridgehead atoms. The molecule has 1 saturated heterocycles. The van der Waals surface area contributed by atoms with Crippen molar-refractivity contribution >= 4 is 12.0 Å². The first kappa shape index (κ1) is 20.4. The molecule has 5 nitrogen and oxygen atoms in total. The second-order valence-corrected chi connectivity index (χ2v) is 7.88. The number of hydrogen-bond donors (Lipinski definition) is 2. The van der Waals surface area contributed by atoms with Crippen LogP contribution in [0.5, 0.6) is 0 Å². The zero-order valence-electron chi connectivity index (χ0n) is 16.8. The van der Waals surface area contributed by atoms with E-state index in [2.05, 4.69) is 47.9 Å². The lowest BCUT2D eigenvalue weighted by Crippen LogP contribution is -2.47. The van der Waals surface area contributed by atoms with Crippen molar-refractivity contribution in [3.63, 3.8) is 0 Å². The highest BCUT2D eigenvalue weighted by Gasteiger charge is 2.25. The molecular formula is C23H31N3O2. The minimum atomic E-state index is -0.549. The van der Waals surface area contributed by atoms with Crippen LogP contribution in [0.25, 0.3) is 0 Å². The van der Waals surface area contributed by atoms with Gasteiger partial charge in [-0.25, -0.2) is 0 Å². The Morgan fingerprint density at radius 2 is 1.96 bits per heavy atom. The normalized spacial score (nSPS) is 21.1. The molecule has 5 heteroatoms. The van der Waals surface area contributed by atoms with E-state index in [0.29, 0.717) is 19.0 Å². The van der Waals surface area contributed by atoms with Gasteiger partial charge in [0, 0.05) is 45.0 Å². The fourth-order valence-electron chi connectivity index (χ4n) is 3.78. The topological polar surface area (TPSA) is 69.8 Å². The van der Waals surface area contributed by atoms with Gasteiger partial charge in [0.1, 0.15) is 12.0 Å². The quantitative estimate of drug-likeness (QED) is 0.741. The number of anilines is 1. The number of benzene rings is 1. The molecule has 3 N–H and O–H groups in total. The van der Waals surface area contributed by atoms with E-state index < -0.39 is 5.92 Å². The van der Waals surface area contributed by atoms with E-state index in [9.17, 15) is 9.90 Å². The average molecular weight is 382 g/mol. The lowest BCUT2D eigenvalue weighted by atomic mass is 9.97. The van der Waals surface area contributed by atoms with Crippen LogP contribution >= 0.6 is 0 Å². The maximum atomic E-state index is 11.6. The largest absolute Gasteiger partial charge is 0.511 e. The summed E-state index contributed by atoms with van der Waals surface area (Å²) in [5.41, 5.74) is 10.1. The predicted molar refractivity (Wildman–Crippen MR) is 114 cm³/mol. The lowest BCUT2D eigenvalue weighted by Gasteiger charge is -2.37. The van der Waals surface area contributed by atoms with Gasteiger partial charge in [0.05, 0.1) is 5.92 Å². The van der Waals surface area contributed by atoms with Crippen LogP contribution in [0.3, 0.4) is 0 Å². The Morgan fingerprint density at radius 1 is 1.21 bits per heavy atom. The first-order chi connectivity index (χ1) is 13.5. The molecule has 0 radical (unpaired) electrons. The maximum absolute atomic E-state index is 11.6. The Kier molecular flexibility index (Phi) is 6.70. The fourth-order valence-corrected chi connectivity index (χ4v) is 3.78. The Bertz CT molecular complexity index is 787. The zero-order chi connectivity index (χ0) is 20.1. The molecular weight excluding hydrogens is 350 g/mol. The van der Waals surface area contributed by atoms with Gasteiger partial charge in [0.25, 0.3) is 0 Å². The molecule has 1 aliphatic carbocycles. The Labute approximate surface area is 167 Å². The van der Waals surface area contributed by atoms with Gasteiger partial charge in [-0.1, -0.05) is 38.1 Å². The van der Waals surface area contributed by atoms with E-state index in [-0.39, 0.29) is 5.76 Å². The number of nitrogens with two attached hydrogens (primary N) is 1. The third-order valence-corrected chi connectivity index (χ3v) is 5.62. The molecule has 2 aliphatic rings. The van der Waals surface area contributed by atoms with Crippen molar-refractivity contribution in [3.05, 3.63) is 65.0 Å². The van der Waals surface area contributed by atoms with E-state index in [0.717, 1.165) is 49.2 Å². The number of nitrogens with zero attached hydrogens (tertiary/aromatic N) is 2. The molecule has 0 spiro atoms. The van der Waals surface area contributed by atoms with Crippen molar-refractivity contribution in [3.8, 4) is 0 Å². The SMILES string of the molecule is CC(C)C1=CC=C(CN2CCN(c3cccc(CN)c3)CC2)C(C=O)C(O)=C1. The highest BCUT2D eigenvalue weighted by Crippen LogP contribution is 2.26. The maximum Gasteiger partial charge on any atom is 0.134 e. The van der Waals surface area contributed by atoms with Crippen LogP contribution in [0.15, 0.2) is 59.4 Å². The fraction of sp³-hybridized carbons (Fsp3) is 0.435. The monoisotopic (exact) mass is 381 g/mol. The molecule has 28 heavy (non-hydrogen) atoms. The van der Waals surface area contributed by atoms with Crippen LogP contribution in [0.1, 0.15) is 19.4 Å². The molecule has 0 aromatic heterocycles. The van der Waals surface area contributed by atoms with Gasteiger partial charge in [0.2, 0.25) is 0 Å². The Morgan fingerprint density at radius 3 is 2.61 bits per heavy atom. The molecule has 3 rings (SSSR count). The summed E-state index contributed by atoms with van der Waals surface area (Å²) in [5, 5.41) is 10.4. The Balaban J connectivity index is 1.66. The molecule has 1 atom stereocenters. The van der Waals surface area contributed by atoms with Crippen molar-refractivity contribution in [2.75, 3.05) is 37.6 Å². The van der Waals surface area contributed by atoms with Gasteiger partial charge in [-0.05, 0) is 40.8 Å². The van der Waals surface area contributed by atoms with Gasteiger partial charge < -0.3 is 20.5 Å². The highest BCUT2D eigenvalue weighted by atomic mass is 16.3. The molecule has 0 amide bonds. The van der Waals surface area contributed by atoms with Crippen molar-refractivity contribution < 1.29 is 9.90 Å². The van der Waals surface area contributed by atoms with Crippen molar-refractivity contribution in [2.45, 2.75) is 20.4 Å². The van der Waals surface area contributed by atoms with E-state index in [1.807, 2.05) is 12.2 Å². The van der Waals surface area contributed by atoms with E-state index in [4.69, 9.17) is 5.73 Å². The standard InChI is InChI=1S/C23H31N3O2/c1-17(2)19-6-7-20(22(16-27)23(28)13-19)15-25-8-10-26(11-9-25)21-5-3-4-18(12-21)14-24/h3-7,12-13,16-17,22,28H,8-11,14-15,24H2,1-2H3. The van der Waals surface area contributed by atoms with Crippen LogP contribution < -0.4 is 10.6 Å². The Hall–Kier alpha value is -2.37. The number of carbonyl (C=O) groups excluding carboxylic acids is 1. The lowest BCUT2D eigenvalue weighted by molar-refractivity contribution is -0.110. The third kappa shape index (κ3) is 4.72. The first-order valence-corrected chi connectivity index (χ1v) is 10.0. The van der Waals surface area contributed by atoms with E-state index in [1.165, 1.54) is 5.69 Å². The van der Waals surface area contributed by atoms with Gasteiger partial charge in [-0.2, -0.15) is 0 Å². The number of allylic oxidation sites excluding steroid dienone is 5. The van der Waals surface area contributed by atoms with E-state index in [1.54, 1.807) is 6.08 Å². The molecule has 0 saturated carbocycles. The third-order valence-electron chi connectivity index (χ3n) is 5.62. The molecule has 1 fully saturated rings. The number of aldehydes is 1. The van der Waals surface area contributed by atoms with Gasteiger partial charge >= 0.3 is 0 Å². The molecule has 1 aliphatic heterocycles. The zero-order valence-corrected chi connectivity index (χ0v) is 16.8. The number of piperazine rings is 1. The summed E-state index contributed by atoms with van der Waals surface area (Å²) in [4.78, 5) is 16.4. The summed E-state index contributed by atoms with van der Waals surface area (Å²) in [6.45, 7) is 9.12. The predicted octanol–water partition coefficient (Wildman–Crippen LogP) is 3.05. The summed E-state index contributed by atoms with van der Waals surface area (Å²) in [5.74, 6) is -0.0967. The summed E-state index contributed by atoms with van der Waals surface area (Å²) in [7, 11) is 0. The van der Waals surface area contributed by atoms with Gasteiger partial charge in [-0.15, -0.1) is 0 Å². The number of aliphatic hydroxyl groups excluding tert-OH is 1. The molecule has 1 heterocycles. The minimum absolute atomic E-state index is 0.149. The van der Waals surface area contributed by atoms with Crippen LogP contribution in [-0.4, -0.2) is 49.0 Å². The average Bonchev–Trinajstić information content (AvgIpc) is 2.87. The highest BCUT2D eigenvalue weighted by molar-refractivity contribution is 5.65. The second-order valence-electron chi connectivity index (χ2n) is 7.88. The minimum Gasteiger partial charge on any atom is -0.511 e. The van der Waals surface area contributed by atoms with E-state index >= 15 is 0 Å². The van der Waals surface area contributed by atoms with Crippen LogP contribution in [0.4, 0.5) is 5.69 Å². The number of aliphatic hydroxyl groups is 1. The molecule has 150 valence electrons. The molecule has 1 unspecified atom stereocenters. The molecule has 1 aromatic carbocycles. The first-order valence-electron chi connectivity index (χ1n) is 10.0. The van der Waals surface area contributed by atoms with Crippen molar-refractivity contribution in [2.24, 2.45) is 17.6 Å². The van der Waals surface area contributed by atoms with Crippen molar-refractivity contribution in [1.82, 2.24) is 4.90 Å². The summed E-state index contributed by atoms with van der Waals surface area (Å²) in [6.07, 6.45) is 6.65. The van der Waals surface area contributed by atoms with Crippen LogP contribution in [-0.2, 0) is 11.3 Å². The van der Waals surface area contributed by atoms with Gasteiger partial charge in [-0.3, -0.25) is 4.90 Å². The summed E-state index contributed by atoms with van der Waals surface area (Å²) >= 11 is 0. The number of rotatable bonds is 6. The molecule has 1 aromatic rings. The van der Waals surface area contributed by atoms with Crippen LogP contribution in [0.2, 0.25) is 0 Å². The van der Waals surface area contributed by atoms with Gasteiger partial charge in [0.15, 0.2) is 0 Å². The number of hydrogen-bond acceptors (Lipinski definition) is 5. The van der Waals surface area contributed by atoms with Crippen LogP contribution in [0, 0.1) is 11.8 Å². The smallest absolute Gasteiger partial charge is 0.134 e. The summed E-state index contributed by atoms with van der Waals surface area (Å²) in [6, 6.07) is 8.40. The van der Waals surface area contributed by atoms with Crippen molar-refractivity contribution in [1.29, 1.82) is 0 Å². The summed E-state index contributed by atoms with van der Waals surface area (Å²) < 4.78 is 0. The number of carbonyl (C=O) groups is 1.